The van der Waals surface area contributed by atoms with Gasteiger partial charge < -0.3 is 0 Å². The molecule has 0 N–H and O–H groups in total. The number of aryl methyl sites for hydroxylation is 1. The molecule has 28 heavy (non-hydrogen) atoms. The van der Waals surface area contributed by atoms with E-state index in [0.717, 1.165) is 21.7 Å². The van der Waals surface area contributed by atoms with Gasteiger partial charge in [-0.05, 0) is 30.2 Å². The number of thiazole rings is 1. The predicted molar refractivity (Wildman–Crippen MR) is 116 cm³/mol. The van der Waals surface area contributed by atoms with E-state index < -0.39 is 0 Å². The number of benzene rings is 3. The van der Waals surface area contributed by atoms with Crippen molar-refractivity contribution < 1.29 is 4.79 Å². The number of carbonyl (C=O) groups is 1. The molecule has 3 nitrogen and oxygen atoms in total. The molecule has 0 bridgehead atoms. The third-order valence-corrected chi connectivity index (χ3v) is 5.73. The largest absolute Gasteiger partial charge is 0.279 e. The highest BCUT2D eigenvalue weighted by atomic mass is 32.1. The Balaban J connectivity index is 1.74. The van der Waals surface area contributed by atoms with E-state index >= 15 is 0 Å². The van der Waals surface area contributed by atoms with Crippen LogP contribution in [0.1, 0.15) is 21.6 Å². The van der Waals surface area contributed by atoms with E-state index in [2.05, 4.69) is 12.1 Å². The molecule has 0 fully saturated rings. The van der Waals surface area contributed by atoms with Crippen molar-refractivity contribution >= 4 is 22.4 Å². The van der Waals surface area contributed by atoms with Crippen LogP contribution in [0.5, 0.6) is 0 Å². The lowest BCUT2D eigenvalue weighted by molar-refractivity contribution is 0.0985. The molecule has 0 aliphatic carbocycles. The van der Waals surface area contributed by atoms with Crippen LogP contribution in [-0.2, 0) is 6.54 Å². The highest BCUT2D eigenvalue weighted by Gasteiger charge is 2.22. The molecule has 0 aliphatic rings. The summed E-state index contributed by atoms with van der Waals surface area (Å²) in [6.45, 7) is 2.48. The van der Waals surface area contributed by atoms with Gasteiger partial charge in [-0.2, -0.15) is 0 Å². The van der Waals surface area contributed by atoms with Crippen LogP contribution in [0.2, 0.25) is 0 Å². The number of anilines is 1. The van der Waals surface area contributed by atoms with Gasteiger partial charge in [0.1, 0.15) is 0 Å². The molecule has 0 radical (unpaired) electrons. The van der Waals surface area contributed by atoms with Gasteiger partial charge in [-0.3, -0.25) is 9.69 Å². The van der Waals surface area contributed by atoms with Crippen LogP contribution in [0, 0.1) is 6.92 Å². The molecule has 1 aromatic heterocycles. The van der Waals surface area contributed by atoms with Crippen molar-refractivity contribution in [1.29, 1.82) is 0 Å². The molecular formula is C24H20N2OS. The van der Waals surface area contributed by atoms with Gasteiger partial charge in [-0.25, -0.2) is 4.98 Å². The Morgan fingerprint density at radius 3 is 2.07 bits per heavy atom. The van der Waals surface area contributed by atoms with Crippen LogP contribution in [-0.4, -0.2) is 10.9 Å². The highest BCUT2D eigenvalue weighted by molar-refractivity contribution is 7.19. The molecule has 4 rings (SSSR count). The fourth-order valence-electron chi connectivity index (χ4n) is 3.08. The molecule has 0 unspecified atom stereocenters. The van der Waals surface area contributed by atoms with E-state index in [1.54, 1.807) is 16.2 Å². The summed E-state index contributed by atoms with van der Waals surface area (Å²) in [5, 5.41) is 0.717. The average molecular weight is 385 g/mol. The van der Waals surface area contributed by atoms with Gasteiger partial charge in [0.2, 0.25) is 0 Å². The lowest BCUT2D eigenvalue weighted by Gasteiger charge is -2.20. The van der Waals surface area contributed by atoms with Gasteiger partial charge in [0.15, 0.2) is 5.13 Å². The molecule has 0 atom stereocenters. The fraction of sp³-hybridized carbons (Fsp3) is 0.0833. The third-order valence-electron chi connectivity index (χ3n) is 4.50. The quantitative estimate of drug-likeness (QED) is 0.425. The lowest BCUT2D eigenvalue weighted by Crippen LogP contribution is -2.30. The lowest BCUT2D eigenvalue weighted by atomic mass is 10.1. The molecule has 4 heteroatoms. The summed E-state index contributed by atoms with van der Waals surface area (Å²) in [5.74, 6) is -0.0437. The minimum absolute atomic E-state index is 0.0437. The van der Waals surface area contributed by atoms with E-state index in [4.69, 9.17) is 4.98 Å². The summed E-state index contributed by atoms with van der Waals surface area (Å²) in [4.78, 5) is 20.9. The van der Waals surface area contributed by atoms with Crippen molar-refractivity contribution in [2.45, 2.75) is 13.5 Å². The molecule has 4 aromatic rings. The molecule has 0 saturated carbocycles. The highest BCUT2D eigenvalue weighted by Crippen LogP contribution is 2.35. The molecule has 3 aromatic carbocycles. The van der Waals surface area contributed by atoms with Crippen molar-refractivity contribution in [3.8, 4) is 10.4 Å². The second kappa shape index (κ2) is 8.19. The van der Waals surface area contributed by atoms with E-state index in [1.165, 1.54) is 0 Å². The maximum Gasteiger partial charge on any atom is 0.260 e. The summed E-state index contributed by atoms with van der Waals surface area (Å²) in [6, 6.07) is 29.6. The van der Waals surface area contributed by atoms with Gasteiger partial charge in [0.25, 0.3) is 5.91 Å². The number of aromatic nitrogens is 1. The Morgan fingerprint density at radius 2 is 1.43 bits per heavy atom. The van der Waals surface area contributed by atoms with Gasteiger partial charge in [0.05, 0.1) is 17.1 Å². The van der Waals surface area contributed by atoms with Crippen LogP contribution in [0.15, 0.2) is 91.0 Å². The van der Waals surface area contributed by atoms with Gasteiger partial charge in [-0.15, -0.1) is 0 Å². The number of hydrogen-bond acceptors (Lipinski definition) is 3. The average Bonchev–Trinajstić information content (AvgIpc) is 3.15. The topological polar surface area (TPSA) is 33.2 Å². The minimum Gasteiger partial charge on any atom is -0.279 e. The van der Waals surface area contributed by atoms with Gasteiger partial charge in [0, 0.05) is 5.56 Å². The number of hydrogen-bond donors (Lipinski definition) is 0. The first-order chi connectivity index (χ1) is 13.7. The second-order valence-corrected chi connectivity index (χ2v) is 7.50. The monoisotopic (exact) mass is 384 g/mol. The van der Waals surface area contributed by atoms with Crippen molar-refractivity contribution in [3.05, 3.63) is 108 Å². The summed E-state index contributed by atoms with van der Waals surface area (Å²) in [6.07, 6.45) is 0. The van der Waals surface area contributed by atoms with E-state index in [9.17, 15) is 4.79 Å². The first-order valence-electron chi connectivity index (χ1n) is 9.16. The van der Waals surface area contributed by atoms with E-state index in [1.807, 2.05) is 85.8 Å². The number of carbonyl (C=O) groups excluding carboxylic acids is 1. The van der Waals surface area contributed by atoms with Crippen LogP contribution in [0.25, 0.3) is 10.4 Å². The number of amides is 1. The molecule has 0 aliphatic heterocycles. The number of nitrogens with zero attached hydrogens (tertiary/aromatic N) is 2. The Hall–Kier alpha value is -3.24. The van der Waals surface area contributed by atoms with Crippen LogP contribution in [0.4, 0.5) is 5.13 Å². The summed E-state index contributed by atoms with van der Waals surface area (Å²) in [7, 11) is 0. The second-order valence-electron chi connectivity index (χ2n) is 6.52. The Morgan fingerprint density at radius 1 is 0.857 bits per heavy atom. The fourth-order valence-corrected chi connectivity index (χ4v) is 4.15. The zero-order valence-corrected chi connectivity index (χ0v) is 16.4. The first-order valence-corrected chi connectivity index (χ1v) is 9.98. The predicted octanol–water partition coefficient (Wildman–Crippen LogP) is 5.97. The van der Waals surface area contributed by atoms with Crippen LogP contribution >= 0.6 is 11.3 Å². The maximum atomic E-state index is 13.3. The Bertz CT molecular complexity index is 1060. The first kappa shape index (κ1) is 18.1. The minimum atomic E-state index is -0.0437. The van der Waals surface area contributed by atoms with Crippen molar-refractivity contribution in [3.63, 3.8) is 0 Å². The van der Waals surface area contributed by atoms with Crippen molar-refractivity contribution in [1.82, 2.24) is 4.98 Å². The Kier molecular flexibility index (Phi) is 5.31. The molecule has 0 spiro atoms. The van der Waals surface area contributed by atoms with Crippen LogP contribution < -0.4 is 4.90 Å². The normalized spacial score (nSPS) is 10.6. The molecule has 1 amide bonds. The van der Waals surface area contributed by atoms with Gasteiger partial charge >= 0.3 is 0 Å². The van der Waals surface area contributed by atoms with E-state index in [0.29, 0.717) is 17.2 Å². The maximum absolute atomic E-state index is 13.3. The standard InChI is InChI=1S/C24H20N2OS/c1-18-22(20-13-7-3-8-14-20)28-24(25-18)26(17-19-11-5-2-6-12-19)23(27)21-15-9-4-10-16-21/h2-16H,17H2,1H3. The molecule has 138 valence electrons. The van der Waals surface area contributed by atoms with E-state index in [-0.39, 0.29) is 5.91 Å². The van der Waals surface area contributed by atoms with Crippen molar-refractivity contribution in [2.75, 3.05) is 4.90 Å². The number of rotatable bonds is 5. The molecule has 0 saturated heterocycles. The summed E-state index contributed by atoms with van der Waals surface area (Å²) >= 11 is 1.56. The zero-order valence-electron chi connectivity index (χ0n) is 15.6. The summed E-state index contributed by atoms with van der Waals surface area (Å²) in [5.41, 5.74) is 3.79. The van der Waals surface area contributed by atoms with Crippen molar-refractivity contribution in [2.24, 2.45) is 0 Å². The zero-order chi connectivity index (χ0) is 19.3. The summed E-state index contributed by atoms with van der Waals surface area (Å²) < 4.78 is 0. The molecular weight excluding hydrogens is 364 g/mol. The Labute approximate surface area is 168 Å². The SMILES string of the molecule is Cc1nc(N(Cc2ccccc2)C(=O)c2ccccc2)sc1-c1ccccc1. The third kappa shape index (κ3) is 3.87. The van der Waals surface area contributed by atoms with Gasteiger partial charge in [-0.1, -0.05) is 90.2 Å². The molecule has 1 heterocycles. The van der Waals surface area contributed by atoms with Crippen LogP contribution in [0.3, 0.4) is 0 Å². The smallest absolute Gasteiger partial charge is 0.260 e.